The first-order valence-corrected chi connectivity index (χ1v) is 8.66. The lowest BCUT2D eigenvalue weighted by Gasteiger charge is -2.35. The first-order valence-electron chi connectivity index (χ1n) is 8.66. The van der Waals surface area contributed by atoms with Gasteiger partial charge in [0.05, 0.1) is 12.2 Å². The Morgan fingerprint density at radius 3 is 2.76 bits per heavy atom. The average Bonchev–Trinajstić information content (AvgIpc) is 3.12. The lowest BCUT2D eigenvalue weighted by atomic mass is 9.95. The van der Waals surface area contributed by atoms with Gasteiger partial charge in [-0.15, -0.1) is 0 Å². The van der Waals surface area contributed by atoms with Crippen molar-refractivity contribution in [2.24, 2.45) is 0 Å². The lowest BCUT2D eigenvalue weighted by molar-refractivity contribution is 0.126. The Bertz CT molecular complexity index is 816. The zero-order valence-corrected chi connectivity index (χ0v) is 13.9. The van der Waals surface area contributed by atoms with Crippen molar-refractivity contribution in [3.8, 4) is 11.4 Å². The van der Waals surface area contributed by atoms with E-state index in [2.05, 4.69) is 15.0 Å². The van der Waals surface area contributed by atoms with Crippen LogP contribution in [0.4, 0.5) is 4.39 Å². The van der Waals surface area contributed by atoms with Crippen LogP contribution in [0, 0.1) is 5.82 Å². The molecule has 0 radical (unpaired) electrons. The first-order chi connectivity index (χ1) is 12.3. The Morgan fingerprint density at radius 1 is 1.08 bits per heavy atom. The van der Waals surface area contributed by atoms with Gasteiger partial charge in [0.25, 0.3) is 0 Å². The van der Waals surface area contributed by atoms with Gasteiger partial charge in [0, 0.05) is 18.3 Å². The molecule has 0 saturated carbocycles. The molecule has 3 aromatic rings. The van der Waals surface area contributed by atoms with E-state index in [0.29, 0.717) is 6.54 Å². The average molecular weight is 337 g/mol. The molecule has 5 heteroatoms. The van der Waals surface area contributed by atoms with Gasteiger partial charge in [-0.05, 0) is 49.2 Å². The summed E-state index contributed by atoms with van der Waals surface area (Å²) < 4.78 is 18.8. The van der Waals surface area contributed by atoms with Gasteiger partial charge in [-0.25, -0.2) is 4.39 Å². The van der Waals surface area contributed by atoms with Crippen molar-refractivity contribution in [2.45, 2.75) is 31.8 Å². The Balaban J connectivity index is 1.52. The monoisotopic (exact) mass is 337 g/mol. The van der Waals surface area contributed by atoms with Crippen molar-refractivity contribution in [2.75, 3.05) is 6.54 Å². The maximum absolute atomic E-state index is 13.2. The first kappa shape index (κ1) is 16.0. The molecule has 2 aromatic heterocycles. The molecule has 1 unspecified atom stereocenters. The van der Waals surface area contributed by atoms with Crippen LogP contribution < -0.4 is 0 Å². The standard InChI is InChI=1S/C20H20FN3O/c21-16-9-7-15(8-10-16)20-6-2-4-12-24(20)14-17-13-19(23-25-17)18-5-1-3-11-22-18/h1,3,5,7-11,13,20H,2,4,6,12,14H2. The number of halogens is 1. The molecule has 0 spiro atoms. The highest BCUT2D eigenvalue weighted by Crippen LogP contribution is 2.32. The zero-order valence-electron chi connectivity index (χ0n) is 13.9. The molecule has 4 rings (SSSR count). The maximum Gasteiger partial charge on any atom is 0.151 e. The van der Waals surface area contributed by atoms with Gasteiger partial charge in [0.1, 0.15) is 11.5 Å². The van der Waals surface area contributed by atoms with Crippen molar-refractivity contribution < 1.29 is 8.91 Å². The van der Waals surface area contributed by atoms with E-state index in [4.69, 9.17) is 4.52 Å². The van der Waals surface area contributed by atoms with Gasteiger partial charge < -0.3 is 4.52 Å². The van der Waals surface area contributed by atoms with Gasteiger partial charge in [-0.3, -0.25) is 9.88 Å². The highest BCUT2D eigenvalue weighted by Gasteiger charge is 2.25. The Hall–Kier alpha value is -2.53. The van der Waals surface area contributed by atoms with Crippen LogP contribution in [0.25, 0.3) is 11.4 Å². The molecule has 0 aliphatic carbocycles. The van der Waals surface area contributed by atoms with Gasteiger partial charge >= 0.3 is 0 Å². The lowest BCUT2D eigenvalue weighted by Crippen LogP contribution is -2.32. The molecule has 1 saturated heterocycles. The summed E-state index contributed by atoms with van der Waals surface area (Å²) in [6.07, 6.45) is 5.18. The molecule has 128 valence electrons. The molecule has 3 heterocycles. The van der Waals surface area contributed by atoms with Crippen LogP contribution in [-0.4, -0.2) is 21.6 Å². The summed E-state index contributed by atoms with van der Waals surface area (Å²) in [5.41, 5.74) is 2.72. The summed E-state index contributed by atoms with van der Waals surface area (Å²) >= 11 is 0. The third-order valence-electron chi connectivity index (χ3n) is 4.71. The van der Waals surface area contributed by atoms with Crippen LogP contribution in [0.2, 0.25) is 0 Å². The second-order valence-corrected chi connectivity index (χ2v) is 6.43. The number of benzene rings is 1. The minimum Gasteiger partial charge on any atom is -0.359 e. The third kappa shape index (κ3) is 3.61. The van der Waals surface area contributed by atoms with Crippen LogP contribution in [0.3, 0.4) is 0 Å². The van der Waals surface area contributed by atoms with Gasteiger partial charge in [0.2, 0.25) is 0 Å². The van der Waals surface area contributed by atoms with Crippen molar-refractivity contribution in [3.05, 3.63) is 71.9 Å². The van der Waals surface area contributed by atoms with E-state index in [1.165, 1.54) is 25.0 Å². The van der Waals surface area contributed by atoms with E-state index in [0.717, 1.165) is 35.7 Å². The quantitative estimate of drug-likeness (QED) is 0.697. The highest BCUT2D eigenvalue weighted by atomic mass is 19.1. The molecule has 1 aliphatic heterocycles. The minimum absolute atomic E-state index is 0.193. The fourth-order valence-corrected chi connectivity index (χ4v) is 3.47. The summed E-state index contributed by atoms with van der Waals surface area (Å²) in [4.78, 5) is 6.70. The summed E-state index contributed by atoms with van der Waals surface area (Å²) in [6, 6.07) is 14.8. The number of hydrogen-bond donors (Lipinski definition) is 0. The molecule has 25 heavy (non-hydrogen) atoms. The number of piperidine rings is 1. The normalized spacial score (nSPS) is 18.4. The largest absolute Gasteiger partial charge is 0.359 e. The summed E-state index contributed by atoms with van der Waals surface area (Å²) in [5, 5.41) is 4.15. The van der Waals surface area contributed by atoms with Crippen molar-refractivity contribution in [1.82, 2.24) is 15.0 Å². The Labute approximate surface area is 146 Å². The molecule has 0 N–H and O–H groups in total. The van der Waals surface area contributed by atoms with Gasteiger partial charge in [-0.1, -0.05) is 29.8 Å². The van der Waals surface area contributed by atoms with Crippen LogP contribution >= 0.6 is 0 Å². The van der Waals surface area contributed by atoms with Crippen LogP contribution in [0.5, 0.6) is 0 Å². The van der Waals surface area contributed by atoms with E-state index in [1.807, 2.05) is 36.4 Å². The fraction of sp³-hybridized carbons (Fsp3) is 0.300. The summed E-state index contributed by atoms with van der Waals surface area (Å²) in [7, 11) is 0. The molecule has 1 aliphatic rings. The number of likely N-dealkylation sites (tertiary alicyclic amines) is 1. The van der Waals surface area contributed by atoms with Crippen LogP contribution in [-0.2, 0) is 6.54 Å². The Kier molecular flexibility index (Phi) is 4.57. The minimum atomic E-state index is -0.193. The third-order valence-corrected chi connectivity index (χ3v) is 4.71. The topological polar surface area (TPSA) is 42.2 Å². The smallest absolute Gasteiger partial charge is 0.151 e. The van der Waals surface area contributed by atoms with Crippen molar-refractivity contribution in [3.63, 3.8) is 0 Å². The van der Waals surface area contributed by atoms with E-state index < -0.39 is 0 Å². The summed E-state index contributed by atoms with van der Waals surface area (Å²) in [6.45, 7) is 1.70. The number of nitrogens with zero attached hydrogens (tertiary/aromatic N) is 3. The molecular weight excluding hydrogens is 317 g/mol. The van der Waals surface area contributed by atoms with E-state index in [9.17, 15) is 4.39 Å². The SMILES string of the molecule is Fc1ccc(C2CCCCN2Cc2cc(-c3ccccn3)no2)cc1. The molecular formula is C20H20FN3O. The van der Waals surface area contributed by atoms with E-state index >= 15 is 0 Å². The van der Waals surface area contributed by atoms with Gasteiger partial charge in [0.15, 0.2) is 5.76 Å². The Morgan fingerprint density at radius 2 is 1.96 bits per heavy atom. The number of rotatable bonds is 4. The van der Waals surface area contributed by atoms with Crippen LogP contribution in [0.1, 0.15) is 36.6 Å². The molecule has 0 amide bonds. The van der Waals surface area contributed by atoms with E-state index in [1.54, 1.807) is 6.20 Å². The van der Waals surface area contributed by atoms with Crippen molar-refractivity contribution >= 4 is 0 Å². The maximum atomic E-state index is 13.2. The number of hydrogen-bond acceptors (Lipinski definition) is 4. The summed E-state index contributed by atoms with van der Waals surface area (Å²) in [5.74, 6) is 0.635. The molecule has 1 aromatic carbocycles. The number of aromatic nitrogens is 2. The zero-order chi connectivity index (χ0) is 17.1. The van der Waals surface area contributed by atoms with Crippen LogP contribution in [0.15, 0.2) is 59.3 Å². The molecule has 1 atom stereocenters. The molecule has 0 bridgehead atoms. The number of pyridine rings is 1. The predicted molar refractivity (Wildman–Crippen MR) is 93.1 cm³/mol. The fourth-order valence-electron chi connectivity index (χ4n) is 3.47. The second-order valence-electron chi connectivity index (χ2n) is 6.43. The van der Waals surface area contributed by atoms with Gasteiger partial charge in [-0.2, -0.15) is 0 Å². The molecule has 4 nitrogen and oxygen atoms in total. The van der Waals surface area contributed by atoms with E-state index in [-0.39, 0.29) is 11.9 Å². The highest BCUT2D eigenvalue weighted by molar-refractivity contribution is 5.52. The predicted octanol–water partition coefficient (Wildman–Crippen LogP) is 4.60. The molecule has 1 fully saturated rings. The second kappa shape index (κ2) is 7.15. The van der Waals surface area contributed by atoms with Crippen molar-refractivity contribution in [1.29, 1.82) is 0 Å².